The van der Waals surface area contributed by atoms with Gasteiger partial charge in [0.1, 0.15) is 27.0 Å². The van der Waals surface area contributed by atoms with Crippen molar-refractivity contribution in [1.82, 2.24) is 4.98 Å². The van der Waals surface area contributed by atoms with E-state index in [4.69, 9.17) is 20.2 Å². The Hall–Kier alpha value is -3.00. The van der Waals surface area contributed by atoms with Gasteiger partial charge in [-0.2, -0.15) is 0 Å². The van der Waals surface area contributed by atoms with Gasteiger partial charge < -0.3 is 25.4 Å². The van der Waals surface area contributed by atoms with Crippen LogP contribution in [-0.2, 0) is 12.8 Å². The van der Waals surface area contributed by atoms with E-state index < -0.39 is 0 Å². The number of ether oxygens (including phenoxy) is 2. The summed E-state index contributed by atoms with van der Waals surface area (Å²) < 4.78 is 10.7. The Labute approximate surface area is 191 Å². The molecular weight excluding hydrogens is 424 g/mol. The van der Waals surface area contributed by atoms with Gasteiger partial charge in [0.25, 0.3) is 5.91 Å². The van der Waals surface area contributed by atoms with Crippen molar-refractivity contribution in [2.75, 3.05) is 43.3 Å². The predicted molar refractivity (Wildman–Crippen MR) is 130 cm³/mol. The lowest BCUT2D eigenvalue weighted by Crippen LogP contribution is -2.22. The number of hydrogen-bond acceptors (Lipinski definition) is 7. The van der Waals surface area contributed by atoms with Gasteiger partial charge in [-0.15, -0.1) is 11.3 Å². The highest BCUT2D eigenvalue weighted by Crippen LogP contribution is 2.43. The van der Waals surface area contributed by atoms with Gasteiger partial charge in [-0.05, 0) is 61.8 Å². The molecule has 3 aromatic rings. The number of aryl methyl sites for hydroxylation is 1. The summed E-state index contributed by atoms with van der Waals surface area (Å²) in [6.07, 6.45) is 6.76. The molecule has 1 aromatic carbocycles. The topological polar surface area (TPSA) is 89.7 Å². The maximum Gasteiger partial charge on any atom is 0.268 e. The van der Waals surface area contributed by atoms with Gasteiger partial charge >= 0.3 is 0 Å². The van der Waals surface area contributed by atoms with E-state index >= 15 is 0 Å². The molecule has 5 rings (SSSR count). The van der Waals surface area contributed by atoms with Crippen LogP contribution in [0, 0.1) is 0 Å². The molecule has 0 bridgehead atoms. The lowest BCUT2D eigenvalue weighted by molar-refractivity contribution is 0.103. The molecule has 1 amide bonds. The maximum atomic E-state index is 13.2. The van der Waals surface area contributed by atoms with Gasteiger partial charge in [0.2, 0.25) is 0 Å². The van der Waals surface area contributed by atoms with E-state index in [-0.39, 0.29) is 5.91 Å². The number of nitrogens with zero attached hydrogens (tertiary/aromatic N) is 2. The van der Waals surface area contributed by atoms with Crippen molar-refractivity contribution in [2.24, 2.45) is 0 Å². The largest absolute Gasteiger partial charge is 0.497 e. The summed E-state index contributed by atoms with van der Waals surface area (Å²) >= 11 is 1.38. The molecule has 2 aliphatic rings. The first kappa shape index (κ1) is 20.9. The highest BCUT2D eigenvalue weighted by molar-refractivity contribution is 7.21. The SMILES string of the molecule is COc1ccc(NC(=O)c2sc3nc(N4CCCC4)c4c(c3c2N)CCCC4)c(OC)c1. The summed E-state index contributed by atoms with van der Waals surface area (Å²) in [5.41, 5.74) is 10.3. The quantitative estimate of drug-likeness (QED) is 0.587. The Kier molecular flexibility index (Phi) is 5.55. The van der Waals surface area contributed by atoms with Gasteiger partial charge in [-0.3, -0.25) is 4.79 Å². The molecule has 0 spiro atoms. The lowest BCUT2D eigenvalue weighted by Gasteiger charge is -2.25. The van der Waals surface area contributed by atoms with Gasteiger partial charge in [0, 0.05) is 24.5 Å². The fourth-order valence-corrected chi connectivity index (χ4v) is 5.85. The summed E-state index contributed by atoms with van der Waals surface area (Å²) in [6, 6.07) is 5.29. The smallest absolute Gasteiger partial charge is 0.268 e. The second-order valence-electron chi connectivity index (χ2n) is 8.34. The van der Waals surface area contributed by atoms with Gasteiger partial charge in [-0.1, -0.05) is 0 Å². The summed E-state index contributed by atoms with van der Waals surface area (Å²) in [6.45, 7) is 2.10. The molecule has 3 N–H and O–H groups in total. The Morgan fingerprint density at radius 1 is 1.09 bits per heavy atom. The van der Waals surface area contributed by atoms with Gasteiger partial charge in [0.15, 0.2) is 0 Å². The van der Waals surface area contributed by atoms with Crippen LogP contribution >= 0.6 is 11.3 Å². The number of hydrogen-bond donors (Lipinski definition) is 2. The van der Waals surface area contributed by atoms with Crippen molar-refractivity contribution in [1.29, 1.82) is 0 Å². The van der Waals surface area contributed by atoms with Crippen LogP contribution in [0.1, 0.15) is 46.5 Å². The number of carbonyl (C=O) groups is 1. The van der Waals surface area contributed by atoms with Crippen LogP contribution in [0.4, 0.5) is 17.2 Å². The molecular formula is C24H28N4O3S. The number of rotatable bonds is 5. The molecule has 0 atom stereocenters. The third kappa shape index (κ3) is 3.52. The van der Waals surface area contributed by atoms with Crippen molar-refractivity contribution in [3.8, 4) is 11.5 Å². The molecule has 3 heterocycles. The van der Waals surface area contributed by atoms with Crippen LogP contribution in [0.2, 0.25) is 0 Å². The third-order valence-electron chi connectivity index (χ3n) is 6.44. The van der Waals surface area contributed by atoms with E-state index in [2.05, 4.69) is 10.2 Å². The van der Waals surface area contributed by atoms with Crippen LogP contribution in [0.15, 0.2) is 18.2 Å². The zero-order chi connectivity index (χ0) is 22.2. The zero-order valence-corrected chi connectivity index (χ0v) is 19.3. The Bertz CT molecular complexity index is 1180. The summed E-state index contributed by atoms with van der Waals surface area (Å²) in [5, 5.41) is 3.93. The normalized spacial score (nSPS) is 15.6. The first-order valence-corrected chi connectivity index (χ1v) is 11.9. The Morgan fingerprint density at radius 3 is 2.56 bits per heavy atom. The Morgan fingerprint density at radius 2 is 1.84 bits per heavy atom. The molecule has 1 fully saturated rings. The number of nitrogens with two attached hydrogens (primary N) is 1. The number of thiophene rings is 1. The maximum absolute atomic E-state index is 13.2. The second kappa shape index (κ2) is 8.50. The van der Waals surface area contributed by atoms with E-state index in [1.54, 1.807) is 32.4 Å². The summed E-state index contributed by atoms with van der Waals surface area (Å²) in [7, 11) is 3.16. The van der Waals surface area contributed by atoms with Crippen molar-refractivity contribution in [2.45, 2.75) is 38.5 Å². The van der Waals surface area contributed by atoms with E-state index in [9.17, 15) is 4.79 Å². The fourth-order valence-electron chi connectivity index (χ4n) is 4.83. The number of pyridine rings is 1. The highest BCUT2D eigenvalue weighted by atomic mass is 32.1. The molecule has 0 radical (unpaired) electrons. The molecule has 1 aliphatic heterocycles. The van der Waals surface area contributed by atoms with Crippen LogP contribution in [-0.4, -0.2) is 38.2 Å². The third-order valence-corrected chi connectivity index (χ3v) is 7.54. The Balaban J connectivity index is 1.55. The van der Waals surface area contributed by atoms with Crippen molar-refractivity contribution in [3.63, 3.8) is 0 Å². The summed E-state index contributed by atoms with van der Waals surface area (Å²) in [5.74, 6) is 2.05. The first-order chi connectivity index (χ1) is 15.6. The van der Waals surface area contributed by atoms with Crippen LogP contribution < -0.4 is 25.4 Å². The number of anilines is 3. The second-order valence-corrected chi connectivity index (χ2v) is 9.34. The number of fused-ring (bicyclic) bond motifs is 3. The number of methoxy groups -OCH3 is 2. The van der Waals surface area contributed by atoms with Crippen molar-refractivity contribution in [3.05, 3.63) is 34.2 Å². The monoisotopic (exact) mass is 452 g/mol. The number of nitrogens with one attached hydrogen (secondary N) is 1. The zero-order valence-electron chi connectivity index (χ0n) is 18.5. The molecule has 7 nitrogen and oxygen atoms in total. The molecule has 2 aromatic heterocycles. The number of benzene rings is 1. The molecule has 0 unspecified atom stereocenters. The number of aromatic nitrogens is 1. The fraction of sp³-hybridized carbons (Fsp3) is 0.417. The molecule has 0 saturated carbocycles. The minimum absolute atomic E-state index is 0.249. The molecule has 168 valence electrons. The van der Waals surface area contributed by atoms with E-state index in [1.807, 2.05) is 0 Å². The van der Waals surface area contributed by atoms with Gasteiger partial charge in [0.05, 0.1) is 25.6 Å². The molecule has 32 heavy (non-hydrogen) atoms. The highest BCUT2D eigenvalue weighted by Gasteiger charge is 2.28. The standard InChI is InChI=1S/C24H28N4O3S/c1-30-14-9-10-17(18(13-14)31-2)26-23(29)21-20(25)19-15-7-3-4-8-16(15)22(27-24(19)32-21)28-11-5-6-12-28/h9-10,13H,3-8,11-12,25H2,1-2H3,(H,26,29). The first-order valence-electron chi connectivity index (χ1n) is 11.1. The van der Waals surface area contributed by atoms with Gasteiger partial charge in [-0.25, -0.2) is 4.98 Å². The van der Waals surface area contributed by atoms with E-state index in [1.165, 1.54) is 41.7 Å². The van der Waals surface area contributed by atoms with Crippen LogP contribution in [0.5, 0.6) is 11.5 Å². The lowest BCUT2D eigenvalue weighted by atomic mass is 9.89. The van der Waals surface area contributed by atoms with Crippen molar-refractivity contribution >= 4 is 44.7 Å². The molecule has 1 aliphatic carbocycles. The predicted octanol–water partition coefficient (Wildman–Crippen LogP) is 4.63. The summed E-state index contributed by atoms with van der Waals surface area (Å²) in [4.78, 5) is 22.0. The average molecular weight is 453 g/mol. The van der Waals surface area contributed by atoms with Crippen molar-refractivity contribution < 1.29 is 14.3 Å². The minimum Gasteiger partial charge on any atom is -0.497 e. The molecule has 1 saturated heterocycles. The van der Waals surface area contributed by atoms with Crippen LogP contribution in [0.25, 0.3) is 10.2 Å². The number of amides is 1. The molecule has 8 heteroatoms. The average Bonchev–Trinajstić information content (AvgIpc) is 3.47. The van der Waals surface area contributed by atoms with Crippen LogP contribution in [0.3, 0.4) is 0 Å². The minimum atomic E-state index is -0.249. The number of carbonyl (C=O) groups excluding carboxylic acids is 1. The number of nitrogen functional groups attached to an aromatic ring is 1. The van der Waals surface area contributed by atoms with E-state index in [0.29, 0.717) is 27.8 Å². The van der Waals surface area contributed by atoms with E-state index in [0.717, 1.165) is 48.4 Å².